The number of likely N-dealkylation sites (tertiary alicyclic amines) is 1. The minimum absolute atomic E-state index is 0.121. The molecule has 1 aliphatic heterocycles. The van der Waals surface area contributed by atoms with Gasteiger partial charge in [-0.3, -0.25) is 4.90 Å². The topological polar surface area (TPSA) is 23.5 Å². The second kappa shape index (κ2) is 4.08. The summed E-state index contributed by atoms with van der Waals surface area (Å²) in [5, 5.41) is 9.93. The lowest BCUT2D eigenvalue weighted by Crippen LogP contribution is -2.24. The molecule has 1 N–H and O–H groups in total. The fourth-order valence-corrected chi connectivity index (χ4v) is 2.36. The molecule has 15 heavy (non-hydrogen) atoms. The summed E-state index contributed by atoms with van der Waals surface area (Å²) in [7, 11) is 1.90. The number of benzene rings is 1. The second-order valence-electron chi connectivity index (χ2n) is 3.92. The van der Waals surface area contributed by atoms with Gasteiger partial charge in [-0.05, 0) is 25.1 Å². The first-order valence-electron chi connectivity index (χ1n) is 4.93. The number of nitrogens with zero attached hydrogens (tertiary/aromatic N) is 1. The number of aliphatic hydroxyl groups is 1. The molecule has 0 aliphatic carbocycles. The molecule has 0 spiro atoms. The molecule has 0 radical (unpaired) electrons. The fourth-order valence-electron chi connectivity index (χ4n) is 2.12. The van der Waals surface area contributed by atoms with E-state index in [2.05, 4.69) is 0 Å². The van der Waals surface area contributed by atoms with Gasteiger partial charge in [0.05, 0.1) is 17.2 Å². The molecule has 4 heteroatoms. The first-order valence-corrected chi connectivity index (χ1v) is 5.31. The predicted molar refractivity (Wildman–Crippen MR) is 57.4 cm³/mol. The summed E-state index contributed by atoms with van der Waals surface area (Å²) in [5.41, 5.74) is 0.671. The molecule has 0 bridgehead atoms. The van der Waals surface area contributed by atoms with E-state index in [1.54, 1.807) is 12.1 Å². The molecule has 1 heterocycles. The van der Waals surface area contributed by atoms with E-state index in [9.17, 15) is 9.50 Å². The van der Waals surface area contributed by atoms with Crippen LogP contribution in [0.3, 0.4) is 0 Å². The molecule has 2 rings (SSSR count). The molecule has 2 unspecified atom stereocenters. The SMILES string of the molecule is CN1CCC(O)C1c1cccc(F)c1Cl. The normalized spacial score (nSPS) is 27.2. The fraction of sp³-hybridized carbons (Fsp3) is 0.455. The highest BCUT2D eigenvalue weighted by Crippen LogP contribution is 2.35. The lowest BCUT2D eigenvalue weighted by atomic mass is 10.0. The number of aliphatic hydroxyl groups excluding tert-OH is 1. The van der Waals surface area contributed by atoms with Crippen molar-refractivity contribution in [2.75, 3.05) is 13.6 Å². The molecule has 1 aromatic rings. The van der Waals surface area contributed by atoms with E-state index in [-0.39, 0.29) is 11.1 Å². The Bertz CT molecular complexity index is 362. The van der Waals surface area contributed by atoms with Crippen molar-refractivity contribution in [1.29, 1.82) is 0 Å². The first-order chi connectivity index (χ1) is 7.11. The Hall–Kier alpha value is -0.640. The molecule has 82 valence electrons. The number of likely N-dealkylation sites (N-methyl/N-ethyl adjacent to an activating group) is 1. The summed E-state index contributed by atoms with van der Waals surface area (Å²) in [6, 6.07) is 4.53. The van der Waals surface area contributed by atoms with E-state index in [0.29, 0.717) is 12.0 Å². The van der Waals surface area contributed by atoms with Gasteiger partial charge in [0.25, 0.3) is 0 Å². The van der Waals surface area contributed by atoms with Crippen molar-refractivity contribution in [3.05, 3.63) is 34.6 Å². The van der Waals surface area contributed by atoms with Crippen molar-refractivity contribution in [2.45, 2.75) is 18.6 Å². The highest BCUT2D eigenvalue weighted by atomic mass is 35.5. The van der Waals surface area contributed by atoms with Crippen LogP contribution in [0.4, 0.5) is 4.39 Å². The van der Waals surface area contributed by atoms with Gasteiger partial charge in [-0.25, -0.2) is 4.39 Å². The van der Waals surface area contributed by atoms with Crippen LogP contribution >= 0.6 is 11.6 Å². The summed E-state index contributed by atoms with van der Waals surface area (Å²) in [6.45, 7) is 0.804. The summed E-state index contributed by atoms with van der Waals surface area (Å²) in [5.74, 6) is -0.429. The van der Waals surface area contributed by atoms with E-state index in [0.717, 1.165) is 6.54 Å². The van der Waals surface area contributed by atoms with Crippen LogP contribution in [0.5, 0.6) is 0 Å². The van der Waals surface area contributed by atoms with Crippen molar-refractivity contribution in [3.63, 3.8) is 0 Å². The highest BCUT2D eigenvalue weighted by molar-refractivity contribution is 6.31. The van der Waals surface area contributed by atoms with Crippen LogP contribution in [-0.2, 0) is 0 Å². The molecule has 0 aromatic heterocycles. The van der Waals surface area contributed by atoms with Crippen molar-refractivity contribution < 1.29 is 9.50 Å². The van der Waals surface area contributed by atoms with Gasteiger partial charge in [-0.1, -0.05) is 23.7 Å². The van der Waals surface area contributed by atoms with Gasteiger partial charge in [-0.15, -0.1) is 0 Å². The summed E-state index contributed by atoms with van der Waals surface area (Å²) < 4.78 is 13.3. The Morgan fingerprint density at radius 1 is 1.53 bits per heavy atom. The molecule has 1 aromatic carbocycles. The molecule has 2 nitrogen and oxygen atoms in total. The van der Waals surface area contributed by atoms with Crippen LogP contribution in [0.2, 0.25) is 5.02 Å². The standard InChI is InChI=1S/C11H13ClFNO/c1-14-6-5-9(15)11(14)7-3-2-4-8(13)10(7)12/h2-4,9,11,15H,5-6H2,1H3. The lowest BCUT2D eigenvalue weighted by molar-refractivity contribution is 0.127. The lowest BCUT2D eigenvalue weighted by Gasteiger charge is -2.23. The molecular weight excluding hydrogens is 217 g/mol. The van der Waals surface area contributed by atoms with Gasteiger partial charge in [-0.2, -0.15) is 0 Å². The Labute approximate surface area is 93.3 Å². The molecule has 0 saturated carbocycles. The van der Waals surface area contributed by atoms with Crippen LogP contribution in [0.15, 0.2) is 18.2 Å². The zero-order chi connectivity index (χ0) is 11.0. The summed E-state index contributed by atoms with van der Waals surface area (Å²) in [4.78, 5) is 1.99. The average Bonchev–Trinajstić information content (AvgIpc) is 2.52. The largest absolute Gasteiger partial charge is 0.391 e. The van der Waals surface area contributed by atoms with Crippen molar-refractivity contribution in [2.24, 2.45) is 0 Å². The van der Waals surface area contributed by atoms with E-state index in [1.807, 2.05) is 11.9 Å². The Morgan fingerprint density at radius 2 is 2.27 bits per heavy atom. The Balaban J connectivity index is 2.40. The number of rotatable bonds is 1. The zero-order valence-electron chi connectivity index (χ0n) is 8.45. The third-order valence-electron chi connectivity index (χ3n) is 2.92. The van der Waals surface area contributed by atoms with Crippen molar-refractivity contribution in [1.82, 2.24) is 4.90 Å². The minimum Gasteiger partial charge on any atom is -0.391 e. The van der Waals surface area contributed by atoms with Gasteiger partial charge < -0.3 is 5.11 Å². The number of hydrogen-bond acceptors (Lipinski definition) is 2. The quantitative estimate of drug-likeness (QED) is 0.798. The van der Waals surface area contributed by atoms with Gasteiger partial charge in [0.1, 0.15) is 5.82 Å². The maximum absolute atomic E-state index is 13.3. The average molecular weight is 230 g/mol. The van der Waals surface area contributed by atoms with Crippen molar-refractivity contribution >= 4 is 11.6 Å². The first kappa shape index (κ1) is 10.9. The van der Waals surface area contributed by atoms with Crippen LogP contribution in [0, 0.1) is 5.82 Å². The second-order valence-corrected chi connectivity index (χ2v) is 4.30. The van der Waals surface area contributed by atoms with E-state index < -0.39 is 11.9 Å². The summed E-state index contributed by atoms with van der Waals surface area (Å²) in [6.07, 6.45) is 0.239. The number of hydrogen-bond donors (Lipinski definition) is 1. The Kier molecular flexibility index (Phi) is 2.96. The van der Waals surface area contributed by atoms with Gasteiger partial charge in [0, 0.05) is 6.54 Å². The molecule has 1 aliphatic rings. The molecule has 1 fully saturated rings. The van der Waals surface area contributed by atoms with Crippen LogP contribution in [0.1, 0.15) is 18.0 Å². The van der Waals surface area contributed by atoms with Gasteiger partial charge in [0.2, 0.25) is 0 Å². The van der Waals surface area contributed by atoms with Crippen LogP contribution in [0.25, 0.3) is 0 Å². The zero-order valence-corrected chi connectivity index (χ0v) is 9.21. The molecule has 2 atom stereocenters. The van der Waals surface area contributed by atoms with E-state index >= 15 is 0 Å². The number of halogens is 2. The highest BCUT2D eigenvalue weighted by Gasteiger charge is 2.33. The smallest absolute Gasteiger partial charge is 0.142 e. The van der Waals surface area contributed by atoms with E-state index in [4.69, 9.17) is 11.6 Å². The third-order valence-corrected chi connectivity index (χ3v) is 3.32. The Morgan fingerprint density at radius 3 is 2.87 bits per heavy atom. The van der Waals surface area contributed by atoms with Crippen LogP contribution < -0.4 is 0 Å². The van der Waals surface area contributed by atoms with Crippen LogP contribution in [-0.4, -0.2) is 29.7 Å². The maximum atomic E-state index is 13.3. The maximum Gasteiger partial charge on any atom is 0.142 e. The molecule has 1 saturated heterocycles. The molecular formula is C11H13ClFNO. The molecule has 0 amide bonds. The monoisotopic (exact) mass is 229 g/mol. The van der Waals surface area contributed by atoms with E-state index in [1.165, 1.54) is 6.07 Å². The predicted octanol–water partition coefficient (Wildman–Crippen LogP) is 2.22. The van der Waals surface area contributed by atoms with Gasteiger partial charge in [0.15, 0.2) is 0 Å². The summed E-state index contributed by atoms with van der Waals surface area (Å²) >= 11 is 5.89. The van der Waals surface area contributed by atoms with Crippen molar-refractivity contribution in [3.8, 4) is 0 Å². The minimum atomic E-state index is -0.464. The third kappa shape index (κ3) is 1.87. The van der Waals surface area contributed by atoms with Gasteiger partial charge >= 0.3 is 0 Å².